The van der Waals surface area contributed by atoms with E-state index in [1.165, 1.54) is 0 Å². The minimum Gasteiger partial charge on any atom is -0.496 e. The lowest BCUT2D eigenvalue weighted by Gasteiger charge is -1.99. The highest BCUT2D eigenvalue weighted by Gasteiger charge is 2.09. The largest absolute Gasteiger partial charge is 0.496 e. The first-order chi connectivity index (χ1) is 7.40. The van der Waals surface area contributed by atoms with Gasteiger partial charge < -0.3 is 9.15 Å². The molecule has 0 aliphatic carbocycles. The van der Waals surface area contributed by atoms with Crippen LogP contribution in [-0.2, 0) is 0 Å². The average molecular weight is 198 g/mol. The van der Waals surface area contributed by atoms with E-state index < -0.39 is 0 Å². The van der Waals surface area contributed by atoms with Gasteiger partial charge in [-0.05, 0) is 18.2 Å². The Bertz CT molecular complexity index is 623. The van der Waals surface area contributed by atoms with Crippen LogP contribution >= 0.6 is 0 Å². The molecule has 0 fully saturated rings. The van der Waals surface area contributed by atoms with Gasteiger partial charge in [0.15, 0.2) is 0 Å². The molecule has 0 N–H and O–H groups in total. The molecule has 0 aliphatic heterocycles. The van der Waals surface area contributed by atoms with Gasteiger partial charge in [0, 0.05) is 5.39 Å². The van der Waals surface area contributed by atoms with Gasteiger partial charge in [-0.2, -0.15) is 0 Å². The number of methoxy groups -OCH3 is 1. The minimum atomic E-state index is 0.859. The molecular formula is C13H10O2. The van der Waals surface area contributed by atoms with Gasteiger partial charge in [-0.25, -0.2) is 0 Å². The third-order valence-corrected chi connectivity index (χ3v) is 2.58. The van der Waals surface area contributed by atoms with Crippen LogP contribution < -0.4 is 4.74 Å². The molecule has 2 nitrogen and oxygen atoms in total. The molecule has 3 aromatic rings. The number of fused-ring (bicyclic) bond motifs is 3. The molecule has 1 heterocycles. The van der Waals surface area contributed by atoms with Crippen LogP contribution in [0.3, 0.4) is 0 Å². The number of rotatable bonds is 1. The van der Waals surface area contributed by atoms with Gasteiger partial charge in [0.1, 0.15) is 16.9 Å². The van der Waals surface area contributed by atoms with Gasteiger partial charge in [0.05, 0.1) is 12.5 Å². The van der Waals surface area contributed by atoms with Crippen molar-refractivity contribution in [3.05, 3.63) is 42.5 Å². The van der Waals surface area contributed by atoms with Crippen LogP contribution in [0.25, 0.3) is 21.9 Å². The molecular weight excluding hydrogens is 188 g/mol. The summed E-state index contributed by atoms with van der Waals surface area (Å²) in [5.74, 6) is 0.859. The van der Waals surface area contributed by atoms with E-state index in [1.807, 2.05) is 42.5 Å². The van der Waals surface area contributed by atoms with Crippen LogP contribution in [0.4, 0.5) is 0 Å². The second-order valence-electron chi connectivity index (χ2n) is 3.43. The van der Waals surface area contributed by atoms with Gasteiger partial charge in [-0.1, -0.05) is 24.3 Å². The van der Waals surface area contributed by atoms with Crippen molar-refractivity contribution in [1.82, 2.24) is 0 Å². The monoisotopic (exact) mass is 198 g/mol. The average Bonchev–Trinajstić information content (AvgIpc) is 2.67. The van der Waals surface area contributed by atoms with E-state index in [0.717, 1.165) is 27.7 Å². The van der Waals surface area contributed by atoms with Gasteiger partial charge >= 0.3 is 0 Å². The van der Waals surface area contributed by atoms with E-state index in [1.54, 1.807) is 7.11 Å². The molecule has 0 unspecified atom stereocenters. The Morgan fingerprint density at radius 1 is 0.933 bits per heavy atom. The van der Waals surface area contributed by atoms with E-state index in [4.69, 9.17) is 9.15 Å². The van der Waals surface area contributed by atoms with Gasteiger partial charge in [-0.3, -0.25) is 0 Å². The standard InChI is InChI=1S/C13H10O2/c1-14-11-7-4-8-12-13(11)9-5-2-3-6-10(9)15-12/h2-8H,1H3. The quantitative estimate of drug-likeness (QED) is 0.596. The van der Waals surface area contributed by atoms with Gasteiger partial charge in [0.2, 0.25) is 0 Å². The molecule has 15 heavy (non-hydrogen) atoms. The molecule has 0 saturated heterocycles. The molecule has 2 aromatic carbocycles. The van der Waals surface area contributed by atoms with E-state index in [0.29, 0.717) is 0 Å². The van der Waals surface area contributed by atoms with E-state index in [-0.39, 0.29) is 0 Å². The third kappa shape index (κ3) is 1.11. The number of furan rings is 1. The zero-order valence-electron chi connectivity index (χ0n) is 8.36. The van der Waals surface area contributed by atoms with Crippen LogP contribution in [0.1, 0.15) is 0 Å². The summed E-state index contributed by atoms with van der Waals surface area (Å²) in [5, 5.41) is 2.15. The lowest BCUT2D eigenvalue weighted by atomic mass is 10.1. The van der Waals surface area contributed by atoms with Crippen molar-refractivity contribution in [1.29, 1.82) is 0 Å². The number of para-hydroxylation sites is 1. The summed E-state index contributed by atoms with van der Waals surface area (Å²) in [6.45, 7) is 0. The highest BCUT2D eigenvalue weighted by molar-refractivity contribution is 6.08. The van der Waals surface area contributed by atoms with Crippen molar-refractivity contribution in [3.63, 3.8) is 0 Å². The smallest absolute Gasteiger partial charge is 0.139 e. The third-order valence-electron chi connectivity index (χ3n) is 2.58. The molecule has 0 bridgehead atoms. The summed E-state index contributed by atoms with van der Waals surface area (Å²) in [6, 6.07) is 13.8. The van der Waals surface area contributed by atoms with Crippen molar-refractivity contribution in [2.24, 2.45) is 0 Å². The molecule has 74 valence electrons. The summed E-state index contributed by atoms with van der Waals surface area (Å²) < 4.78 is 11.0. The van der Waals surface area contributed by atoms with Crippen molar-refractivity contribution >= 4 is 21.9 Å². The molecule has 0 atom stereocenters. The molecule has 0 saturated carbocycles. The van der Waals surface area contributed by atoms with E-state index in [9.17, 15) is 0 Å². The maximum atomic E-state index is 5.71. The summed E-state index contributed by atoms with van der Waals surface area (Å²) in [5.41, 5.74) is 1.77. The van der Waals surface area contributed by atoms with Crippen molar-refractivity contribution in [2.45, 2.75) is 0 Å². The highest BCUT2D eigenvalue weighted by Crippen LogP contribution is 2.34. The summed E-state index contributed by atoms with van der Waals surface area (Å²) >= 11 is 0. The molecule has 0 aliphatic rings. The first kappa shape index (κ1) is 8.36. The molecule has 2 heteroatoms. The Labute approximate surface area is 87.1 Å². The van der Waals surface area contributed by atoms with E-state index in [2.05, 4.69) is 0 Å². The normalized spacial score (nSPS) is 11.0. The predicted molar refractivity (Wildman–Crippen MR) is 60.3 cm³/mol. The Morgan fingerprint density at radius 2 is 1.73 bits per heavy atom. The molecule has 0 radical (unpaired) electrons. The zero-order chi connectivity index (χ0) is 10.3. The van der Waals surface area contributed by atoms with Crippen LogP contribution in [0.15, 0.2) is 46.9 Å². The molecule has 3 rings (SSSR count). The second-order valence-corrected chi connectivity index (χ2v) is 3.43. The van der Waals surface area contributed by atoms with Gasteiger partial charge in [-0.15, -0.1) is 0 Å². The summed E-state index contributed by atoms with van der Waals surface area (Å²) in [4.78, 5) is 0. The van der Waals surface area contributed by atoms with Crippen LogP contribution in [-0.4, -0.2) is 7.11 Å². The lowest BCUT2D eigenvalue weighted by Crippen LogP contribution is -1.82. The number of hydrogen-bond acceptors (Lipinski definition) is 2. The fourth-order valence-electron chi connectivity index (χ4n) is 1.91. The molecule has 0 spiro atoms. The first-order valence-corrected chi connectivity index (χ1v) is 4.84. The SMILES string of the molecule is COc1cccc2oc3ccccc3c12. The van der Waals surface area contributed by atoms with Crippen LogP contribution in [0.2, 0.25) is 0 Å². The molecule has 0 amide bonds. The predicted octanol–water partition coefficient (Wildman–Crippen LogP) is 3.59. The van der Waals surface area contributed by atoms with Crippen molar-refractivity contribution in [2.75, 3.05) is 7.11 Å². The maximum absolute atomic E-state index is 5.71. The first-order valence-electron chi connectivity index (χ1n) is 4.84. The Balaban J connectivity index is 2.56. The topological polar surface area (TPSA) is 22.4 Å². The highest BCUT2D eigenvalue weighted by atomic mass is 16.5. The minimum absolute atomic E-state index is 0.859. The summed E-state index contributed by atoms with van der Waals surface area (Å²) in [6.07, 6.45) is 0. The Morgan fingerprint density at radius 3 is 2.60 bits per heavy atom. The lowest BCUT2D eigenvalue weighted by molar-refractivity contribution is 0.420. The van der Waals surface area contributed by atoms with Crippen LogP contribution in [0, 0.1) is 0 Å². The van der Waals surface area contributed by atoms with Crippen LogP contribution in [0.5, 0.6) is 5.75 Å². The van der Waals surface area contributed by atoms with Crippen molar-refractivity contribution < 1.29 is 9.15 Å². The molecule has 1 aromatic heterocycles. The van der Waals surface area contributed by atoms with E-state index >= 15 is 0 Å². The van der Waals surface area contributed by atoms with Gasteiger partial charge in [0.25, 0.3) is 0 Å². The fraction of sp³-hybridized carbons (Fsp3) is 0.0769. The number of hydrogen-bond donors (Lipinski definition) is 0. The Hall–Kier alpha value is -1.96. The Kier molecular flexibility index (Phi) is 1.68. The number of ether oxygens (including phenoxy) is 1. The maximum Gasteiger partial charge on any atom is 0.139 e. The number of benzene rings is 2. The van der Waals surface area contributed by atoms with Crippen molar-refractivity contribution in [3.8, 4) is 5.75 Å². The second kappa shape index (κ2) is 3.02. The fourth-order valence-corrected chi connectivity index (χ4v) is 1.91. The zero-order valence-corrected chi connectivity index (χ0v) is 8.36. The summed E-state index contributed by atoms with van der Waals surface area (Å²) in [7, 11) is 1.68.